The van der Waals surface area contributed by atoms with E-state index in [2.05, 4.69) is 26.8 Å². The Morgan fingerprint density at radius 1 is 1.29 bits per heavy atom. The average Bonchev–Trinajstić information content (AvgIpc) is 2.45. The van der Waals surface area contributed by atoms with Gasteiger partial charge in [-0.2, -0.15) is 0 Å². The molecule has 0 amide bonds. The van der Waals surface area contributed by atoms with E-state index < -0.39 is 0 Å². The molecular formula is C18H24O3. The molecule has 3 nitrogen and oxygen atoms in total. The monoisotopic (exact) mass is 288 g/mol. The number of phenols is 1. The minimum Gasteiger partial charge on any atom is -0.504 e. The normalized spacial score (nSPS) is 35.2. The first kappa shape index (κ1) is 14.5. The quantitative estimate of drug-likeness (QED) is 0.838. The van der Waals surface area contributed by atoms with Crippen molar-refractivity contribution in [2.45, 2.75) is 26.9 Å². The van der Waals surface area contributed by atoms with Crippen LogP contribution in [0.4, 0.5) is 0 Å². The van der Waals surface area contributed by atoms with E-state index in [1.54, 1.807) is 13.2 Å². The maximum Gasteiger partial charge on any atom is 0.160 e. The molecule has 2 aliphatic rings. The molecule has 114 valence electrons. The minimum atomic E-state index is 0.0505. The zero-order chi connectivity index (χ0) is 15.1. The molecule has 2 bridgehead atoms. The Bertz CT molecular complexity index is 564. The number of ether oxygens (including phenoxy) is 2. The third-order valence-electron chi connectivity index (χ3n) is 5.30. The molecule has 0 radical (unpaired) electrons. The lowest BCUT2D eigenvalue weighted by atomic mass is 9.64. The third-order valence-corrected chi connectivity index (χ3v) is 5.30. The van der Waals surface area contributed by atoms with Crippen LogP contribution in [0.15, 0.2) is 29.8 Å². The van der Waals surface area contributed by atoms with Crippen molar-refractivity contribution in [1.29, 1.82) is 0 Å². The maximum atomic E-state index is 9.77. The number of fused-ring (bicyclic) bond motifs is 2. The van der Waals surface area contributed by atoms with Gasteiger partial charge in [0, 0.05) is 5.92 Å². The molecule has 1 aromatic carbocycles. The predicted octanol–water partition coefficient (Wildman–Crippen LogP) is 3.94. The first-order valence-electron chi connectivity index (χ1n) is 7.69. The Balaban J connectivity index is 1.98. The van der Waals surface area contributed by atoms with Gasteiger partial charge in [-0.05, 0) is 42.4 Å². The molecule has 3 rings (SSSR count). The SMILES string of the molecule is COc1cc([C@@H]2OC[C@@H]3[C@@H](C)[C@H]2C(C)=C[C@H]3C)ccc1O. The summed E-state index contributed by atoms with van der Waals surface area (Å²) in [5.74, 6) is 2.91. The molecule has 1 fully saturated rings. The largest absolute Gasteiger partial charge is 0.504 e. The van der Waals surface area contributed by atoms with Gasteiger partial charge in [0.1, 0.15) is 0 Å². The van der Waals surface area contributed by atoms with Crippen molar-refractivity contribution in [3.8, 4) is 11.5 Å². The van der Waals surface area contributed by atoms with Gasteiger partial charge < -0.3 is 14.6 Å². The fraction of sp³-hybridized carbons (Fsp3) is 0.556. The van der Waals surface area contributed by atoms with Gasteiger partial charge in [-0.25, -0.2) is 0 Å². The first-order valence-corrected chi connectivity index (χ1v) is 7.69. The first-order chi connectivity index (χ1) is 10.0. The predicted molar refractivity (Wildman–Crippen MR) is 82.4 cm³/mol. The van der Waals surface area contributed by atoms with E-state index >= 15 is 0 Å². The lowest BCUT2D eigenvalue weighted by Gasteiger charge is -2.47. The Morgan fingerprint density at radius 2 is 2.05 bits per heavy atom. The maximum absolute atomic E-state index is 9.77. The van der Waals surface area contributed by atoms with Crippen molar-refractivity contribution in [3.05, 3.63) is 35.4 Å². The van der Waals surface area contributed by atoms with Gasteiger partial charge >= 0.3 is 0 Å². The minimum absolute atomic E-state index is 0.0505. The summed E-state index contributed by atoms with van der Waals surface area (Å²) < 4.78 is 11.4. The third kappa shape index (κ3) is 2.34. The van der Waals surface area contributed by atoms with E-state index in [1.807, 2.05) is 12.1 Å². The second-order valence-electron chi connectivity index (χ2n) is 6.50. The van der Waals surface area contributed by atoms with E-state index in [0.29, 0.717) is 29.4 Å². The van der Waals surface area contributed by atoms with E-state index in [9.17, 15) is 5.11 Å². The van der Waals surface area contributed by atoms with Crippen LogP contribution >= 0.6 is 0 Å². The van der Waals surface area contributed by atoms with E-state index in [-0.39, 0.29) is 11.9 Å². The highest BCUT2D eigenvalue weighted by atomic mass is 16.5. The lowest BCUT2D eigenvalue weighted by molar-refractivity contribution is -0.0935. The number of methoxy groups -OCH3 is 1. The molecule has 3 heteroatoms. The molecule has 1 aliphatic carbocycles. The van der Waals surface area contributed by atoms with Crippen molar-refractivity contribution in [2.24, 2.45) is 23.7 Å². The van der Waals surface area contributed by atoms with Crippen LogP contribution in [0.3, 0.4) is 0 Å². The Morgan fingerprint density at radius 3 is 2.76 bits per heavy atom. The summed E-state index contributed by atoms with van der Waals surface area (Å²) in [7, 11) is 1.58. The van der Waals surface area contributed by atoms with Crippen LogP contribution in [0, 0.1) is 23.7 Å². The van der Waals surface area contributed by atoms with Gasteiger partial charge in [0.2, 0.25) is 0 Å². The summed E-state index contributed by atoms with van der Waals surface area (Å²) in [5.41, 5.74) is 2.50. The summed E-state index contributed by atoms with van der Waals surface area (Å²) >= 11 is 0. The van der Waals surface area contributed by atoms with Crippen LogP contribution in [-0.4, -0.2) is 18.8 Å². The fourth-order valence-electron chi connectivity index (χ4n) is 4.12. The number of aromatic hydroxyl groups is 1. The zero-order valence-electron chi connectivity index (χ0n) is 13.2. The summed E-state index contributed by atoms with van der Waals surface area (Å²) in [5, 5.41) is 9.77. The fourth-order valence-corrected chi connectivity index (χ4v) is 4.12. The summed E-state index contributed by atoms with van der Waals surface area (Å²) in [4.78, 5) is 0. The molecule has 1 aromatic rings. The van der Waals surface area contributed by atoms with Crippen molar-refractivity contribution in [1.82, 2.24) is 0 Å². The summed E-state index contributed by atoms with van der Waals surface area (Å²) in [6, 6.07) is 5.54. The van der Waals surface area contributed by atoms with Crippen molar-refractivity contribution >= 4 is 0 Å². The van der Waals surface area contributed by atoms with E-state index in [4.69, 9.17) is 9.47 Å². The summed E-state index contributed by atoms with van der Waals surface area (Å²) in [6.45, 7) is 7.65. The number of hydrogen-bond donors (Lipinski definition) is 1. The van der Waals surface area contributed by atoms with Crippen LogP contribution in [-0.2, 0) is 4.74 Å². The van der Waals surface area contributed by atoms with Gasteiger partial charge in [-0.15, -0.1) is 0 Å². The zero-order valence-corrected chi connectivity index (χ0v) is 13.2. The van der Waals surface area contributed by atoms with Crippen LogP contribution in [0.1, 0.15) is 32.4 Å². The van der Waals surface area contributed by atoms with Crippen LogP contribution in [0.25, 0.3) is 0 Å². The van der Waals surface area contributed by atoms with Crippen molar-refractivity contribution in [2.75, 3.05) is 13.7 Å². The van der Waals surface area contributed by atoms with Crippen molar-refractivity contribution in [3.63, 3.8) is 0 Å². The van der Waals surface area contributed by atoms with Gasteiger partial charge in [0.05, 0.1) is 19.8 Å². The average molecular weight is 288 g/mol. The number of hydrogen-bond acceptors (Lipinski definition) is 3. The smallest absolute Gasteiger partial charge is 0.160 e. The lowest BCUT2D eigenvalue weighted by Crippen LogP contribution is -2.42. The van der Waals surface area contributed by atoms with Crippen LogP contribution < -0.4 is 4.74 Å². The second kappa shape index (κ2) is 5.38. The molecule has 0 saturated carbocycles. The molecule has 1 N–H and O–H groups in total. The molecule has 0 aromatic heterocycles. The highest BCUT2D eigenvalue weighted by Crippen LogP contribution is 2.50. The number of allylic oxidation sites excluding steroid dienone is 1. The Hall–Kier alpha value is -1.48. The highest BCUT2D eigenvalue weighted by molar-refractivity contribution is 5.43. The molecular weight excluding hydrogens is 264 g/mol. The van der Waals surface area contributed by atoms with Gasteiger partial charge in [-0.1, -0.05) is 31.6 Å². The van der Waals surface area contributed by atoms with Crippen LogP contribution in [0.5, 0.6) is 11.5 Å². The number of benzene rings is 1. The highest BCUT2D eigenvalue weighted by Gasteiger charge is 2.43. The van der Waals surface area contributed by atoms with Gasteiger partial charge in [0.25, 0.3) is 0 Å². The molecule has 21 heavy (non-hydrogen) atoms. The summed E-state index contributed by atoms with van der Waals surface area (Å²) in [6.07, 6.45) is 2.46. The van der Waals surface area contributed by atoms with Crippen LogP contribution in [0.2, 0.25) is 0 Å². The van der Waals surface area contributed by atoms with E-state index in [0.717, 1.165) is 12.2 Å². The molecule has 0 unspecified atom stereocenters. The molecule has 0 spiro atoms. The molecule has 5 atom stereocenters. The Labute approximate surface area is 126 Å². The molecule has 1 saturated heterocycles. The topological polar surface area (TPSA) is 38.7 Å². The second-order valence-corrected chi connectivity index (χ2v) is 6.50. The Kier molecular flexibility index (Phi) is 3.70. The standard InChI is InChI=1S/C18H24O3/c1-10-7-11(2)17-12(3)14(10)9-21-18(17)13-5-6-15(19)16(8-13)20-4/h5-8,10,12,14,17-19H,9H2,1-4H3/t10-,12-,14+,17-,18+/m1/s1. The van der Waals surface area contributed by atoms with Gasteiger partial charge in [0.15, 0.2) is 11.5 Å². The van der Waals surface area contributed by atoms with Gasteiger partial charge in [-0.3, -0.25) is 0 Å². The molecule has 1 heterocycles. The van der Waals surface area contributed by atoms with E-state index in [1.165, 1.54) is 5.57 Å². The number of phenolic OH excluding ortho intramolecular Hbond substituents is 1. The van der Waals surface area contributed by atoms with Crippen molar-refractivity contribution < 1.29 is 14.6 Å². The molecule has 1 aliphatic heterocycles. The number of rotatable bonds is 2.